The maximum atomic E-state index is 11.1. The van der Waals surface area contributed by atoms with Crippen LogP contribution in [0.1, 0.15) is 0 Å². The normalized spacial score (nSPS) is 11.9. The summed E-state index contributed by atoms with van der Waals surface area (Å²) in [6.07, 6.45) is 0. The van der Waals surface area contributed by atoms with Gasteiger partial charge in [-0.05, 0) is 12.1 Å². The molecular weight excluding hydrogens is 281 g/mol. The molecule has 0 bridgehead atoms. The summed E-state index contributed by atoms with van der Waals surface area (Å²) in [4.78, 5) is 10.7. The molecule has 0 saturated carbocycles. The fraction of sp³-hybridized carbons (Fsp3) is 0.300. The molecular formula is C10H11BrClNO2. The van der Waals surface area contributed by atoms with Gasteiger partial charge in [0.25, 0.3) is 0 Å². The van der Waals surface area contributed by atoms with Gasteiger partial charge in [0.15, 0.2) is 0 Å². The number of carbonyl (C=O) groups excluding carboxylic acids is 1. The zero-order valence-corrected chi connectivity index (χ0v) is 10.5. The number of anilines is 1. The molecule has 0 fully saturated rings. The number of alkyl halides is 1. The van der Waals surface area contributed by atoms with E-state index in [1.165, 1.54) is 7.11 Å². The van der Waals surface area contributed by atoms with Crippen molar-refractivity contribution in [1.82, 2.24) is 0 Å². The van der Waals surface area contributed by atoms with E-state index < -0.39 is 0 Å². The molecule has 82 valence electrons. The molecule has 3 nitrogen and oxygen atoms in total. The number of hydrogen-bond acceptors (Lipinski definition) is 3. The topological polar surface area (TPSA) is 38.3 Å². The quantitative estimate of drug-likeness (QED) is 0.685. The molecule has 1 aromatic carbocycles. The van der Waals surface area contributed by atoms with Gasteiger partial charge in [0.1, 0.15) is 4.83 Å². The van der Waals surface area contributed by atoms with Gasteiger partial charge in [-0.2, -0.15) is 0 Å². The highest BCUT2D eigenvalue weighted by molar-refractivity contribution is 9.10. The van der Waals surface area contributed by atoms with Crippen LogP contribution < -0.4 is 5.32 Å². The van der Waals surface area contributed by atoms with E-state index in [-0.39, 0.29) is 10.8 Å². The smallest absolute Gasteiger partial charge is 0.321 e. The fourth-order valence-electron chi connectivity index (χ4n) is 1.02. The third kappa shape index (κ3) is 3.72. The van der Waals surface area contributed by atoms with Gasteiger partial charge < -0.3 is 10.1 Å². The van der Waals surface area contributed by atoms with Crippen LogP contribution in [0.5, 0.6) is 0 Å². The summed E-state index contributed by atoms with van der Waals surface area (Å²) in [6.45, 7) is 0.427. The third-order valence-electron chi connectivity index (χ3n) is 1.80. The largest absolute Gasteiger partial charge is 0.468 e. The van der Waals surface area contributed by atoms with Crippen LogP contribution in [0.4, 0.5) is 5.69 Å². The molecule has 0 heterocycles. The number of hydrogen-bond donors (Lipinski definition) is 1. The molecule has 1 aromatic rings. The molecule has 0 spiro atoms. The van der Waals surface area contributed by atoms with Crippen molar-refractivity contribution in [2.75, 3.05) is 19.0 Å². The van der Waals surface area contributed by atoms with Crippen molar-refractivity contribution in [1.29, 1.82) is 0 Å². The summed E-state index contributed by atoms with van der Waals surface area (Å²) in [5, 5.41) is 3.68. The molecule has 0 aromatic heterocycles. The van der Waals surface area contributed by atoms with Gasteiger partial charge in [0.2, 0.25) is 0 Å². The van der Waals surface area contributed by atoms with Crippen molar-refractivity contribution in [3.05, 3.63) is 29.3 Å². The lowest BCUT2D eigenvalue weighted by Crippen LogP contribution is -2.24. The first-order valence-corrected chi connectivity index (χ1v) is 5.65. The van der Waals surface area contributed by atoms with Crippen LogP contribution in [-0.4, -0.2) is 24.5 Å². The number of para-hydroxylation sites is 1. The predicted octanol–water partition coefficient (Wildman–Crippen LogP) is 2.69. The van der Waals surface area contributed by atoms with Gasteiger partial charge in [-0.1, -0.05) is 39.7 Å². The summed E-state index contributed by atoms with van der Waals surface area (Å²) in [7, 11) is 1.35. The Balaban J connectivity index is 2.50. The summed E-state index contributed by atoms with van der Waals surface area (Å²) < 4.78 is 4.57. The maximum absolute atomic E-state index is 11.1. The second-order valence-corrected chi connectivity index (χ2v) is 4.36. The lowest BCUT2D eigenvalue weighted by Gasteiger charge is -2.11. The second kappa shape index (κ2) is 5.98. The van der Waals surface area contributed by atoms with Crippen LogP contribution in [-0.2, 0) is 9.53 Å². The van der Waals surface area contributed by atoms with E-state index in [2.05, 4.69) is 26.0 Å². The van der Waals surface area contributed by atoms with Crippen molar-refractivity contribution in [3.63, 3.8) is 0 Å². The first-order valence-electron chi connectivity index (χ1n) is 4.35. The average Bonchev–Trinajstić information content (AvgIpc) is 2.26. The van der Waals surface area contributed by atoms with Gasteiger partial charge >= 0.3 is 5.97 Å². The van der Waals surface area contributed by atoms with E-state index in [1.54, 1.807) is 6.07 Å². The first-order chi connectivity index (χ1) is 7.15. The van der Waals surface area contributed by atoms with Crippen molar-refractivity contribution >= 4 is 39.2 Å². The van der Waals surface area contributed by atoms with Gasteiger partial charge in [-0.3, -0.25) is 4.79 Å². The van der Waals surface area contributed by atoms with E-state index in [1.807, 2.05) is 18.2 Å². The Hall–Kier alpha value is -0.740. The molecule has 0 aliphatic heterocycles. The molecule has 1 N–H and O–H groups in total. The highest BCUT2D eigenvalue weighted by atomic mass is 79.9. The molecule has 1 unspecified atom stereocenters. The van der Waals surface area contributed by atoms with Crippen molar-refractivity contribution in [2.45, 2.75) is 4.83 Å². The number of esters is 1. The monoisotopic (exact) mass is 291 g/mol. The molecule has 0 saturated heterocycles. The van der Waals surface area contributed by atoms with Gasteiger partial charge in [0, 0.05) is 6.54 Å². The highest BCUT2D eigenvalue weighted by Crippen LogP contribution is 2.20. The minimum Gasteiger partial charge on any atom is -0.468 e. The van der Waals surface area contributed by atoms with Crippen LogP contribution in [0.2, 0.25) is 5.02 Å². The predicted molar refractivity (Wildman–Crippen MR) is 64.7 cm³/mol. The first kappa shape index (κ1) is 12.3. The molecule has 1 atom stereocenters. The molecule has 1 rings (SSSR count). The fourth-order valence-corrected chi connectivity index (χ4v) is 1.57. The molecule has 5 heteroatoms. The Kier molecular flexibility index (Phi) is 4.91. The van der Waals surface area contributed by atoms with Crippen molar-refractivity contribution in [2.24, 2.45) is 0 Å². The van der Waals surface area contributed by atoms with Crippen LogP contribution in [0, 0.1) is 0 Å². The van der Waals surface area contributed by atoms with Crippen LogP contribution in [0.3, 0.4) is 0 Å². The lowest BCUT2D eigenvalue weighted by molar-refractivity contribution is -0.139. The molecule has 0 amide bonds. The van der Waals surface area contributed by atoms with E-state index in [0.29, 0.717) is 11.6 Å². The number of halogens is 2. The number of benzene rings is 1. The van der Waals surface area contributed by atoms with E-state index >= 15 is 0 Å². The number of methoxy groups -OCH3 is 1. The number of rotatable bonds is 4. The standard InChI is InChI=1S/C10H11BrClNO2/c1-15-10(14)7(11)6-13-9-5-3-2-4-8(9)12/h2-5,7,13H,6H2,1H3. The van der Waals surface area contributed by atoms with Gasteiger partial charge in [-0.15, -0.1) is 0 Å². The Morgan fingerprint density at radius 1 is 1.60 bits per heavy atom. The maximum Gasteiger partial charge on any atom is 0.321 e. The Morgan fingerprint density at radius 2 is 2.27 bits per heavy atom. The van der Waals surface area contributed by atoms with Gasteiger partial charge in [-0.25, -0.2) is 0 Å². The average molecular weight is 293 g/mol. The van der Waals surface area contributed by atoms with Crippen molar-refractivity contribution < 1.29 is 9.53 Å². The summed E-state index contributed by atoms with van der Waals surface area (Å²) in [5.74, 6) is -0.311. The second-order valence-electron chi connectivity index (χ2n) is 2.85. The Morgan fingerprint density at radius 3 is 2.87 bits per heavy atom. The minimum atomic E-state index is -0.376. The highest BCUT2D eigenvalue weighted by Gasteiger charge is 2.14. The Labute approximate surface area is 102 Å². The minimum absolute atomic E-state index is 0.311. The molecule has 0 radical (unpaired) electrons. The summed E-state index contributed by atoms with van der Waals surface area (Å²) >= 11 is 9.13. The van der Waals surface area contributed by atoms with E-state index in [4.69, 9.17) is 11.6 Å². The molecule has 0 aliphatic rings. The molecule has 15 heavy (non-hydrogen) atoms. The molecule has 0 aliphatic carbocycles. The summed E-state index contributed by atoms with van der Waals surface area (Å²) in [5.41, 5.74) is 0.799. The van der Waals surface area contributed by atoms with Crippen LogP contribution >= 0.6 is 27.5 Å². The van der Waals surface area contributed by atoms with Crippen molar-refractivity contribution in [3.8, 4) is 0 Å². The van der Waals surface area contributed by atoms with Gasteiger partial charge in [0.05, 0.1) is 17.8 Å². The lowest BCUT2D eigenvalue weighted by atomic mass is 10.3. The van der Waals surface area contributed by atoms with E-state index in [9.17, 15) is 4.79 Å². The number of nitrogens with one attached hydrogen (secondary N) is 1. The van der Waals surface area contributed by atoms with Crippen LogP contribution in [0.25, 0.3) is 0 Å². The third-order valence-corrected chi connectivity index (χ3v) is 2.83. The zero-order valence-electron chi connectivity index (χ0n) is 8.17. The summed E-state index contributed by atoms with van der Waals surface area (Å²) in [6, 6.07) is 7.35. The zero-order chi connectivity index (χ0) is 11.3. The Bertz CT molecular complexity index is 346. The number of ether oxygens (including phenoxy) is 1. The SMILES string of the molecule is COC(=O)C(Br)CNc1ccccc1Cl. The van der Waals surface area contributed by atoms with Crippen LogP contribution in [0.15, 0.2) is 24.3 Å². The van der Waals surface area contributed by atoms with E-state index in [0.717, 1.165) is 5.69 Å². The number of carbonyl (C=O) groups is 1.